The Kier molecular flexibility index (Phi) is 16.7. The molecule has 0 spiro atoms. The number of nitrogens with zero attached hydrogens (tertiary/aromatic N) is 3. The molecule has 1 aromatic heterocycles. The Bertz CT molecular complexity index is 1010. The Morgan fingerprint density at radius 2 is 1.35 bits per heavy atom. The van der Waals surface area contributed by atoms with Crippen LogP contribution in [0.3, 0.4) is 0 Å². The molecule has 20 heteroatoms. The molecule has 3 heterocycles. The van der Waals surface area contributed by atoms with Gasteiger partial charge in [-0.1, -0.05) is 12.5 Å². The predicted molar refractivity (Wildman–Crippen MR) is 139 cm³/mol. The molecule has 0 amide bonds. The Morgan fingerprint density at radius 1 is 0.826 bits per heavy atom. The molecule has 3 N–H and O–H groups in total. The third kappa shape index (κ3) is 15.9. The van der Waals surface area contributed by atoms with E-state index in [1.807, 2.05) is 12.3 Å². The van der Waals surface area contributed by atoms with E-state index < -0.39 is 36.4 Å². The summed E-state index contributed by atoms with van der Waals surface area (Å²) in [5.41, 5.74) is 1.14. The molecule has 4 rings (SSSR count). The fraction of sp³-hybridized carbons (Fsp3) is 0.692. The number of aromatic nitrogens is 1. The van der Waals surface area contributed by atoms with Crippen LogP contribution in [0.15, 0.2) is 24.5 Å². The maximum Gasteiger partial charge on any atom is 0.490 e. The van der Waals surface area contributed by atoms with Crippen molar-refractivity contribution in [3.05, 3.63) is 30.1 Å². The van der Waals surface area contributed by atoms with Gasteiger partial charge >= 0.3 is 36.4 Å². The number of morpholine rings is 1. The van der Waals surface area contributed by atoms with Gasteiger partial charge < -0.3 is 29.7 Å². The largest absolute Gasteiger partial charge is 0.490 e. The van der Waals surface area contributed by atoms with E-state index in [4.69, 9.17) is 39.2 Å². The first-order valence-corrected chi connectivity index (χ1v) is 13.7. The molecular formula is C26H34F9N3O8. The zero-order chi connectivity index (χ0) is 35.1. The fourth-order valence-electron chi connectivity index (χ4n) is 4.59. The third-order valence-electron chi connectivity index (χ3n) is 6.72. The number of fused-ring (bicyclic) bond motifs is 1. The molecular weight excluding hydrogens is 653 g/mol. The van der Waals surface area contributed by atoms with E-state index in [0.717, 1.165) is 25.1 Å². The number of aliphatic carboxylic acids is 3. The summed E-state index contributed by atoms with van der Waals surface area (Å²) in [5, 5.41) is 21.4. The number of hydrogen-bond acceptors (Lipinski definition) is 8. The van der Waals surface area contributed by atoms with Crippen molar-refractivity contribution in [1.29, 1.82) is 0 Å². The quantitative estimate of drug-likeness (QED) is 0.369. The standard InChI is InChI=1S/C20H31N3O2.3C2HF3O2/c1-2-9-22(10-3-1)11-12-23-13-14-24-20-18(23)6-7-19(20)25-16-17-5-4-8-21-15-17;3*3-2(4,5)1(6)7/h4-5,8,15,18-20H,1-3,6-7,9-14,16H2;3*(H,6,7)/t18-,19-,20+;;;/m0.../s1. The highest BCUT2D eigenvalue weighted by molar-refractivity contribution is 5.73. The van der Waals surface area contributed by atoms with Gasteiger partial charge in [0.1, 0.15) is 0 Å². The lowest BCUT2D eigenvalue weighted by molar-refractivity contribution is -0.193. The van der Waals surface area contributed by atoms with Crippen molar-refractivity contribution in [2.75, 3.05) is 39.3 Å². The molecule has 1 saturated carbocycles. The zero-order valence-corrected chi connectivity index (χ0v) is 24.2. The van der Waals surface area contributed by atoms with Crippen molar-refractivity contribution in [1.82, 2.24) is 14.8 Å². The highest BCUT2D eigenvalue weighted by Crippen LogP contribution is 2.32. The number of carboxylic acids is 3. The first-order valence-electron chi connectivity index (χ1n) is 13.7. The monoisotopic (exact) mass is 687 g/mol. The second-order valence-corrected chi connectivity index (χ2v) is 10.0. The van der Waals surface area contributed by atoms with Crippen LogP contribution in [0.5, 0.6) is 0 Å². The van der Waals surface area contributed by atoms with Gasteiger partial charge in [-0.05, 0) is 50.4 Å². The molecule has 0 unspecified atom stereocenters. The number of alkyl halides is 9. The molecule has 46 heavy (non-hydrogen) atoms. The van der Waals surface area contributed by atoms with E-state index in [9.17, 15) is 39.5 Å². The van der Waals surface area contributed by atoms with E-state index in [0.29, 0.717) is 12.6 Å². The third-order valence-corrected chi connectivity index (χ3v) is 6.72. The lowest BCUT2D eigenvalue weighted by Gasteiger charge is -2.40. The van der Waals surface area contributed by atoms with Crippen molar-refractivity contribution in [3.63, 3.8) is 0 Å². The minimum Gasteiger partial charge on any atom is -0.475 e. The molecule has 2 saturated heterocycles. The first kappa shape index (κ1) is 40.8. The average molecular weight is 688 g/mol. The summed E-state index contributed by atoms with van der Waals surface area (Å²) in [5.74, 6) is -8.27. The van der Waals surface area contributed by atoms with Crippen LogP contribution >= 0.6 is 0 Å². The number of piperidine rings is 1. The number of carbonyl (C=O) groups is 3. The van der Waals surface area contributed by atoms with Gasteiger partial charge in [0.2, 0.25) is 0 Å². The second-order valence-electron chi connectivity index (χ2n) is 10.0. The highest BCUT2D eigenvalue weighted by atomic mass is 19.4. The lowest BCUT2D eigenvalue weighted by atomic mass is 10.1. The van der Waals surface area contributed by atoms with Gasteiger partial charge in [-0.2, -0.15) is 39.5 Å². The highest BCUT2D eigenvalue weighted by Gasteiger charge is 2.43. The van der Waals surface area contributed by atoms with Crippen LogP contribution in [0.1, 0.15) is 37.7 Å². The fourth-order valence-corrected chi connectivity index (χ4v) is 4.59. The number of hydrogen-bond donors (Lipinski definition) is 3. The molecule has 2 aliphatic heterocycles. The Hall–Kier alpha value is -3.23. The molecule has 1 aliphatic carbocycles. The molecule has 0 bridgehead atoms. The number of pyridine rings is 1. The average Bonchev–Trinajstić information content (AvgIpc) is 3.39. The Labute approximate surface area is 256 Å². The Morgan fingerprint density at radius 3 is 1.80 bits per heavy atom. The van der Waals surface area contributed by atoms with Gasteiger partial charge in [-0.3, -0.25) is 9.88 Å². The maximum absolute atomic E-state index is 10.6. The van der Waals surface area contributed by atoms with Gasteiger partial charge in [0, 0.05) is 38.1 Å². The molecule has 0 aromatic carbocycles. The molecule has 3 fully saturated rings. The van der Waals surface area contributed by atoms with E-state index >= 15 is 0 Å². The van der Waals surface area contributed by atoms with Gasteiger partial charge in [0.25, 0.3) is 0 Å². The van der Waals surface area contributed by atoms with Crippen molar-refractivity contribution in [2.24, 2.45) is 0 Å². The summed E-state index contributed by atoms with van der Waals surface area (Å²) in [7, 11) is 0. The molecule has 11 nitrogen and oxygen atoms in total. The first-order chi connectivity index (χ1) is 21.2. The summed E-state index contributed by atoms with van der Waals surface area (Å²) in [6.07, 6.45) is -4.63. The van der Waals surface area contributed by atoms with Crippen LogP contribution in [0.2, 0.25) is 0 Å². The van der Waals surface area contributed by atoms with Gasteiger partial charge in [0.15, 0.2) is 0 Å². The van der Waals surface area contributed by atoms with Crippen LogP contribution in [-0.4, -0.2) is 124 Å². The number of carboxylic acid groups (broad SMARTS) is 3. The minimum absolute atomic E-state index is 0.225. The molecule has 0 radical (unpaired) electrons. The van der Waals surface area contributed by atoms with Crippen LogP contribution < -0.4 is 0 Å². The number of rotatable bonds is 6. The van der Waals surface area contributed by atoms with Crippen molar-refractivity contribution >= 4 is 17.9 Å². The van der Waals surface area contributed by atoms with Crippen LogP contribution in [-0.2, 0) is 30.5 Å². The second kappa shape index (κ2) is 18.8. The van der Waals surface area contributed by atoms with E-state index in [2.05, 4.69) is 20.9 Å². The lowest BCUT2D eigenvalue weighted by Crippen LogP contribution is -2.53. The van der Waals surface area contributed by atoms with Crippen molar-refractivity contribution < 1.29 is 78.7 Å². The Balaban J connectivity index is 0.000000413. The van der Waals surface area contributed by atoms with Crippen molar-refractivity contribution in [2.45, 2.75) is 75.5 Å². The molecule has 3 atom stereocenters. The molecule has 264 valence electrons. The van der Waals surface area contributed by atoms with Crippen molar-refractivity contribution in [3.8, 4) is 0 Å². The maximum atomic E-state index is 10.6. The van der Waals surface area contributed by atoms with Crippen LogP contribution in [0.25, 0.3) is 0 Å². The summed E-state index contributed by atoms with van der Waals surface area (Å²) in [6.45, 7) is 7.52. The van der Waals surface area contributed by atoms with Gasteiger partial charge in [0.05, 0.1) is 25.4 Å². The minimum atomic E-state index is -5.08. The van der Waals surface area contributed by atoms with E-state index in [1.165, 1.54) is 51.9 Å². The normalized spacial score (nSPS) is 22.1. The SMILES string of the molecule is O=C(O)C(F)(F)F.O=C(O)C(F)(F)F.O=C(O)C(F)(F)F.c1cncc(CO[C@H]2CC[C@H]3[C@H]2OCCN3CCN2CCCCC2)c1. The smallest absolute Gasteiger partial charge is 0.475 e. The number of halogens is 9. The zero-order valence-electron chi connectivity index (χ0n) is 24.2. The number of ether oxygens (including phenoxy) is 2. The van der Waals surface area contributed by atoms with E-state index in [-0.39, 0.29) is 12.2 Å². The topological polar surface area (TPSA) is 150 Å². The molecule has 1 aromatic rings. The van der Waals surface area contributed by atoms with Crippen LogP contribution in [0.4, 0.5) is 39.5 Å². The van der Waals surface area contributed by atoms with Crippen LogP contribution in [0, 0.1) is 0 Å². The van der Waals surface area contributed by atoms with E-state index in [1.54, 1.807) is 6.20 Å². The van der Waals surface area contributed by atoms with Gasteiger partial charge in [-0.25, -0.2) is 14.4 Å². The van der Waals surface area contributed by atoms with Gasteiger partial charge in [-0.15, -0.1) is 0 Å². The summed E-state index contributed by atoms with van der Waals surface area (Å²) < 4.78 is 108. The predicted octanol–water partition coefficient (Wildman–Crippen LogP) is 4.22. The number of likely N-dealkylation sites (tertiary alicyclic amines) is 1. The molecule has 3 aliphatic rings. The summed E-state index contributed by atoms with van der Waals surface area (Å²) in [6, 6.07) is 4.58. The summed E-state index contributed by atoms with van der Waals surface area (Å²) in [4.78, 5) is 36.2. The summed E-state index contributed by atoms with van der Waals surface area (Å²) >= 11 is 0.